The number of aliphatic carboxylic acids is 1. The average Bonchev–Trinajstić information content (AvgIpc) is 2.82. The smallest absolute Gasteiger partial charge is 0.329 e. The van der Waals surface area contributed by atoms with Crippen molar-refractivity contribution >= 4 is 17.6 Å². The molecule has 1 atom stereocenters. The molecule has 1 aliphatic heterocycles. The molecule has 1 saturated heterocycles. The molecule has 0 spiro atoms. The maximum Gasteiger partial charge on any atom is 0.329 e. The van der Waals surface area contributed by atoms with Gasteiger partial charge in [0.2, 0.25) is 0 Å². The molecule has 1 heterocycles. The molecule has 1 aromatic rings. The van der Waals surface area contributed by atoms with Gasteiger partial charge in [-0.25, -0.2) is 4.79 Å². The minimum Gasteiger partial charge on any atom is -0.497 e. The molecule has 2 rings (SSSR count). The Hall–Kier alpha value is -2.24. The van der Waals surface area contributed by atoms with Crippen LogP contribution in [0.1, 0.15) is 30.1 Å². The van der Waals surface area contributed by atoms with Crippen LogP contribution in [0.5, 0.6) is 5.75 Å². The summed E-state index contributed by atoms with van der Waals surface area (Å²) in [5, 5.41) is 9.36. The summed E-state index contributed by atoms with van der Waals surface area (Å²) < 4.78 is 5.08. The number of benzene rings is 1. The van der Waals surface area contributed by atoms with Gasteiger partial charge in [0.25, 0.3) is 5.91 Å². The fraction of sp³-hybridized carbons (Fsp3) is 0.429. The largest absolute Gasteiger partial charge is 0.497 e. The van der Waals surface area contributed by atoms with Crippen LogP contribution < -0.4 is 10.5 Å². The number of methoxy groups -OCH3 is 1. The highest BCUT2D eigenvalue weighted by molar-refractivity contribution is 6.02. The molecular weight excluding hydrogens is 260 g/mol. The Morgan fingerprint density at radius 3 is 2.75 bits per heavy atom. The van der Waals surface area contributed by atoms with Gasteiger partial charge in [0.1, 0.15) is 11.3 Å². The lowest BCUT2D eigenvalue weighted by atomic mass is 9.98. The number of amides is 1. The van der Waals surface area contributed by atoms with Crippen molar-refractivity contribution in [3.8, 4) is 5.75 Å². The molecule has 3 N–H and O–H groups in total. The SMILES string of the molecule is COc1ccc(N)c(C(=O)N2CCCC2(C)C(=O)O)c1. The van der Waals surface area contributed by atoms with E-state index in [0.717, 1.165) is 0 Å². The van der Waals surface area contributed by atoms with Crippen LogP contribution in [-0.2, 0) is 4.79 Å². The van der Waals surface area contributed by atoms with E-state index in [1.165, 1.54) is 18.1 Å². The first-order chi connectivity index (χ1) is 9.40. The molecule has 0 saturated carbocycles. The average molecular weight is 278 g/mol. The number of carboxylic acid groups (broad SMARTS) is 1. The van der Waals surface area contributed by atoms with Crippen molar-refractivity contribution in [1.29, 1.82) is 0 Å². The van der Waals surface area contributed by atoms with E-state index in [1.807, 2.05) is 0 Å². The van der Waals surface area contributed by atoms with Crippen molar-refractivity contribution < 1.29 is 19.4 Å². The van der Waals surface area contributed by atoms with Gasteiger partial charge in [-0.15, -0.1) is 0 Å². The topological polar surface area (TPSA) is 92.9 Å². The summed E-state index contributed by atoms with van der Waals surface area (Å²) in [5.74, 6) is -0.854. The highest BCUT2D eigenvalue weighted by Crippen LogP contribution is 2.32. The number of ether oxygens (including phenoxy) is 1. The number of likely N-dealkylation sites (tertiary alicyclic amines) is 1. The number of rotatable bonds is 3. The zero-order valence-electron chi connectivity index (χ0n) is 11.5. The van der Waals surface area contributed by atoms with Gasteiger partial charge in [-0.05, 0) is 38.0 Å². The number of hydrogen-bond acceptors (Lipinski definition) is 4. The fourth-order valence-corrected chi connectivity index (χ4v) is 2.50. The lowest BCUT2D eigenvalue weighted by Crippen LogP contribution is -2.50. The Kier molecular flexibility index (Phi) is 3.57. The predicted octanol–water partition coefficient (Wildman–Crippen LogP) is 1.36. The minimum absolute atomic E-state index is 0.277. The Labute approximate surface area is 117 Å². The third kappa shape index (κ3) is 2.17. The Balaban J connectivity index is 2.38. The van der Waals surface area contributed by atoms with Crippen LogP contribution in [0.15, 0.2) is 18.2 Å². The van der Waals surface area contributed by atoms with E-state index < -0.39 is 11.5 Å². The second-order valence-electron chi connectivity index (χ2n) is 5.09. The molecule has 1 unspecified atom stereocenters. The van der Waals surface area contributed by atoms with Crippen LogP contribution in [-0.4, -0.2) is 41.1 Å². The van der Waals surface area contributed by atoms with E-state index in [1.54, 1.807) is 19.1 Å². The van der Waals surface area contributed by atoms with Gasteiger partial charge < -0.3 is 20.5 Å². The Morgan fingerprint density at radius 1 is 1.45 bits per heavy atom. The number of nitrogen functional groups attached to an aromatic ring is 1. The highest BCUT2D eigenvalue weighted by Gasteiger charge is 2.46. The quantitative estimate of drug-likeness (QED) is 0.814. The summed E-state index contributed by atoms with van der Waals surface area (Å²) in [6.45, 7) is 1.98. The van der Waals surface area contributed by atoms with Gasteiger partial charge in [-0.2, -0.15) is 0 Å². The van der Waals surface area contributed by atoms with Crippen molar-refractivity contribution in [3.05, 3.63) is 23.8 Å². The first-order valence-corrected chi connectivity index (χ1v) is 6.39. The Bertz CT molecular complexity index is 558. The summed E-state index contributed by atoms with van der Waals surface area (Å²) in [4.78, 5) is 25.4. The lowest BCUT2D eigenvalue weighted by molar-refractivity contribution is -0.147. The fourth-order valence-electron chi connectivity index (χ4n) is 2.50. The summed E-state index contributed by atoms with van der Waals surface area (Å²) in [5.41, 5.74) is 5.24. The summed E-state index contributed by atoms with van der Waals surface area (Å²) in [6, 6.07) is 4.78. The number of carbonyl (C=O) groups excluding carboxylic acids is 1. The van der Waals surface area contributed by atoms with Crippen LogP contribution >= 0.6 is 0 Å². The molecule has 108 valence electrons. The van der Waals surface area contributed by atoms with E-state index in [4.69, 9.17) is 10.5 Å². The Morgan fingerprint density at radius 2 is 2.15 bits per heavy atom. The number of anilines is 1. The van der Waals surface area contributed by atoms with Crippen molar-refractivity contribution in [2.24, 2.45) is 0 Å². The maximum absolute atomic E-state index is 12.6. The number of carbonyl (C=O) groups is 2. The van der Waals surface area contributed by atoms with Crippen molar-refractivity contribution in [3.63, 3.8) is 0 Å². The second-order valence-corrected chi connectivity index (χ2v) is 5.09. The van der Waals surface area contributed by atoms with Gasteiger partial charge in [0.15, 0.2) is 0 Å². The normalized spacial score (nSPS) is 21.8. The van der Waals surface area contributed by atoms with Crippen molar-refractivity contribution in [2.45, 2.75) is 25.3 Å². The zero-order chi connectivity index (χ0) is 14.9. The molecule has 0 aromatic heterocycles. The van der Waals surface area contributed by atoms with Crippen molar-refractivity contribution in [2.75, 3.05) is 19.4 Å². The molecule has 0 radical (unpaired) electrons. The summed E-state index contributed by atoms with van der Waals surface area (Å²) in [6.07, 6.45) is 1.11. The van der Waals surface area contributed by atoms with Gasteiger partial charge in [0.05, 0.1) is 12.7 Å². The van der Waals surface area contributed by atoms with Crippen LogP contribution in [0.3, 0.4) is 0 Å². The molecule has 6 heteroatoms. The van der Waals surface area contributed by atoms with Gasteiger partial charge in [-0.1, -0.05) is 0 Å². The first-order valence-electron chi connectivity index (χ1n) is 6.39. The monoisotopic (exact) mass is 278 g/mol. The van der Waals surface area contributed by atoms with E-state index in [9.17, 15) is 14.7 Å². The third-order valence-corrected chi connectivity index (χ3v) is 3.84. The van der Waals surface area contributed by atoms with Gasteiger partial charge in [0, 0.05) is 12.2 Å². The summed E-state index contributed by atoms with van der Waals surface area (Å²) in [7, 11) is 1.50. The molecular formula is C14H18N2O4. The number of hydrogen-bond donors (Lipinski definition) is 2. The van der Waals surface area contributed by atoms with Crippen LogP contribution in [0.4, 0.5) is 5.69 Å². The third-order valence-electron chi connectivity index (χ3n) is 3.84. The van der Waals surface area contributed by atoms with Crippen LogP contribution in [0.25, 0.3) is 0 Å². The minimum atomic E-state index is -1.17. The van der Waals surface area contributed by atoms with E-state index in [-0.39, 0.29) is 11.5 Å². The molecule has 1 amide bonds. The van der Waals surface area contributed by atoms with Gasteiger partial charge in [-0.3, -0.25) is 4.79 Å². The summed E-state index contributed by atoms with van der Waals surface area (Å²) >= 11 is 0. The predicted molar refractivity (Wildman–Crippen MR) is 73.7 cm³/mol. The lowest BCUT2D eigenvalue weighted by Gasteiger charge is -2.31. The molecule has 20 heavy (non-hydrogen) atoms. The van der Waals surface area contributed by atoms with E-state index >= 15 is 0 Å². The van der Waals surface area contributed by atoms with E-state index in [2.05, 4.69) is 0 Å². The molecule has 1 aromatic carbocycles. The molecule has 6 nitrogen and oxygen atoms in total. The van der Waals surface area contributed by atoms with E-state index in [0.29, 0.717) is 30.8 Å². The molecule has 0 aliphatic carbocycles. The number of carboxylic acids is 1. The van der Waals surface area contributed by atoms with Crippen molar-refractivity contribution in [1.82, 2.24) is 4.90 Å². The maximum atomic E-state index is 12.6. The number of nitrogens with two attached hydrogens (primary N) is 1. The highest BCUT2D eigenvalue weighted by atomic mass is 16.5. The molecule has 0 bridgehead atoms. The standard InChI is InChI=1S/C14H18N2O4/c1-14(13(18)19)6-3-7-16(14)12(17)10-8-9(20-2)4-5-11(10)15/h4-5,8H,3,6-7,15H2,1-2H3,(H,18,19). The molecule has 1 fully saturated rings. The number of nitrogens with zero attached hydrogens (tertiary/aromatic N) is 1. The zero-order valence-corrected chi connectivity index (χ0v) is 11.5. The van der Waals surface area contributed by atoms with Crippen LogP contribution in [0.2, 0.25) is 0 Å². The van der Waals surface area contributed by atoms with Gasteiger partial charge >= 0.3 is 5.97 Å². The van der Waals surface area contributed by atoms with Crippen LogP contribution in [0, 0.1) is 0 Å². The molecule has 1 aliphatic rings. The second kappa shape index (κ2) is 5.03. The first kappa shape index (κ1) is 14.2.